The third-order valence-corrected chi connectivity index (χ3v) is 7.21. The van der Waals surface area contributed by atoms with E-state index >= 15 is 0 Å². The van der Waals surface area contributed by atoms with Gasteiger partial charge < -0.3 is 20.1 Å². The number of rotatable bonds is 9. The number of fused-ring (bicyclic) bond motifs is 1. The van der Waals surface area contributed by atoms with Gasteiger partial charge in [0.15, 0.2) is 0 Å². The van der Waals surface area contributed by atoms with Gasteiger partial charge in [-0.1, -0.05) is 6.92 Å². The molecule has 8 nitrogen and oxygen atoms in total. The van der Waals surface area contributed by atoms with E-state index in [2.05, 4.69) is 17.6 Å². The Morgan fingerprint density at radius 1 is 1.21 bits per heavy atom. The molecule has 0 saturated heterocycles. The monoisotopic (exact) mass is 487 g/mol. The zero-order chi connectivity index (χ0) is 24.8. The maximum Gasteiger partial charge on any atom is 0.341 e. The third-order valence-electron chi connectivity index (χ3n) is 6.04. The standard InChI is InChI=1S/C25H33N3O5S/c1-6-33-25(31)22-19-12-7-15(2)13-20(19)34-24(22)27-23(30)16(3)28(4)14-21(29)26-17-8-10-18(32-5)11-9-17/h8-11,15-16H,6-7,12-14H2,1-5H3,(H,26,29)(H,27,30). The van der Waals surface area contributed by atoms with Crippen molar-refractivity contribution in [3.05, 3.63) is 40.3 Å². The van der Waals surface area contributed by atoms with Crippen molar-refractivity contribution in [2.24, 2.45) is 5.92 Å². The molecule has 1 heterocycles. The first-order valence-electron chi connectivity index (χ1n) is 11.5. The zero-order valence-electron chi connectivity index (χ0n) is 20.4. The number of carbonyl (C=O) groups excluding carboxylic acids is 3. The maximum atomic E-state index is 13.0. The molecule has 0 spiro atoms. The van der Waals surface area contributed by atoms with E-state index in [-0.39, 0.29) is 25.0 Å². The molecule has 0 fully saturated rings. The Morgan fingerprint density at radius 3 is 2.56 bits per heavy atom. The van der Waals surface area contributed by atoms with Crippen molar-refractivity contribution in [2.45, 2.75) is 46.1 Å². The Balaban J connectivity index is 1.66. The van der Waals surface area contributed by atoms with E-state index < -0.39 is 12.0 Å². The lowest BCUT2D eigenvalue weighted by molar-refractivity contribution is -0.122. The first-order valence-corrected chi connectivity index (χ1v) is 12.3. The van der Waals surface area contributed by atoms with Crippen LogP contribution in [0.3, 0.4) is 0 Å². The first kappa shape index (κ1) is 25.7. The molecule has 2 amide bonds. The molecule has 2 atom stereocenters. The van der Waals surface area contributed by atoms with E-state index in [9.17, 15) is 14.4 Å². The molecular weight excluding hydrogens is 454 g/mol. The number of esters is 1. The second kappa shape index (κ2) is 11.5. The summed E-state index contributed by atoms with van der Waals surface area (Å²) in [5.41, 5.74) is 2.12. The van der Waals surface area contributed by atoms with Gasteiger partial charge in [0, 0.05) is 10.6 Å². The molecule has 1 aliphatic carbocycles. The Morgan fingerprint density at radius 2 is 1.91 bits per heavy atom. The summed E-state index contributed by atoms with van der Waals surface area (Å²) in [5, 5.41) is 6.28. The summed E-state index contributed by atoms with van der Waals surface area (Å²) in [4.78, 5) is 41.0. The number of carbonyl (C=O) groups is 3. The fourth-order valence-corrected chi connectivity index (χ4v) is 5.31. The van der Waals surface area contributed by atoms with E-state index in [1.807, 2.05) is 0 Å². The lowest BCUT2D eigenvalue weighted by atomic mass is 9.88. The highest BCUT2D eigenvalue weighted by molar-refractivity contribution is 7.17. The van der Waals surface area contributed by atoms with Crippen molar-refractivity contribution >= 4 is 39.8 Å². The van der Waals surface area contributed by atoms with Crippen LogP contribution in [0.25, 0.3) is 0 Å². The van der Waals surface area contributed by atoms with Crippen LogP contribution in [0.4, 0.5) is 10.7 Å². The summed E-state index contributed by atoms with van der Waals surface area (Å²) in [7, 11) is 3.29. The van der Waals surface area contributed by atoms with Gasteiger partial charge in [0.2, 0.25) is 11.8 Å². The molecule has 1 aromatic carbocycles. The van der Waals surface area contributed by atoms with Crippen molar-refractivity contribution in [1.82, 2.24) is 4.90 Å². The molecule has 2 N–H and O–H groups in total. The minimum atomic E-state index is -0.588. The second-order valence-electron chi connectivity index (χ2n) is 8.63. The number of amides is 2. The highest BCUT2D eigenvalue weighted by Gasteiger charge is 2.30. The molecule has 184 valence electrons. The molecular formula is C25H33N3O5S. The summed E-state index contributed by atoms with van der Waals surface area (Å²) >= 11 is 1.46. The van der Waals surface area contributed by atoms with Crippen molar-refractivity contribution in [3.63, 3.8) is 0 Å². The summed E-state index contributed by atoms with van der Waals surface area (Å²) in [6.45, 7) is 6.00. The van der Waals surface area contributed by atoms with Gasteiger partial charge in [-0.3, -0.25) is 14.5 Å². The van der Waals surface area contributed by atoms with Crippen LogP contribution in [-0.4, -0.2) is 56.0 Å². The van der Waals surface area contributed by atoms with Crippen LogP contribution in [0.5, 0.6) is 5.75 Å². The molecule has 3 rings (SSSR count). The molecule has 9 heteroatoms. The highest BCUT2D eigenvalue weighted by atomic mass is 32.1. The predicted octanol–water partition coefficient (Wildman–Crippen LogP) is 3.96. The second-order valence-corrected chi connectivity index (χ2v) is 9.74. The zero-order valence-corrected chi connectivity index (χ0v) is 21.2. The Kier molecular flexibility index (Phi) is 8.68. The van der Waals surface area contributed by atoms with Crippen LogP contribution in [-0.2, 0) is 27.2 Å². The van der Waals surface area contributed by atoms with Crippen LogP contribution in [0.1, 0.15) is 48.0 Å². The van der Waals surface area contributed by atoms with E-state index in [1.165, 1.54) is 11.3 Å². The van der Waals surface area contributed by atoms with Crippen LogP contribution in [0.15, 0.2) is 24.3 Å². The lowest BCUT2D eigenvalue weighted by Gasteiger charge is -2.23. The normalized spacial score (nSPS) is 15.9. The minimum absolute atomic E-state index is 0.0316. The molecule has 0 bridgehead atoms. The summed E-state index contributed by atoms with van der Waals surface area (Å²) in [6.07, 6.45) is 2.70. The van der Waals surface area contributed by atoms with Crippen LogP contribution in [0, 0.1) is 5.92 Å². The van der Waals surface area contributed by atoms with Crippen molar-refractivity contribution < 1.29 is 23.9 Å². The van der Waals surface area contributed by atoms with Gasteiger partial charge in [-0.2, -0.15) is 0 Å². The predicted molar refractivity (Wildman–Crippen MR) is 134 cm³/mol. The SMILES string of the molecule is CCOC(=O)c1c(NC(=O)C(C)N(C)CC(=O)Nc2ccc(OC)cc2)sc2c1CCC(C)C2. The molecule has 2 unspecified atom stereocenters. The topological polar surface area (TPSA) is 97.0 Å². The summed E-state index contributed by atoms with van der Waals surface area (Å²) in [6, 6.07) is 6.44. The van der Waals surface area contributed by atoms with E-state index in [4.69, 9.17) is 9.47 Å². The molecule has 0 aliphatic heterocycles. The van der Waals surface area contributed by atoms with Gasteiger partial charge >= 0.3 is 5.97 Å². The van der Waals surface area contributed by atoms with Gasteiger partial charge in [-0.25, -0.2) is 4.79 Å². The number of ether oxygens (including phenoxy) is 2. The number of hydrogen-bond donors (Lipinski definition) is 2. The molecule has 2 aromatic rings. The lowest BCUT2D eigenvalue weighted by Crippen LogP contribution is -2.43. The average Bonchev–Trinajstić information content (AvgIpc) is 3.15. The van der Waals surface area contributed by atoms with E-state index in [1.54, 1.807) is 57.2 Å². The minimum Gasteiger partial charge on any atom is -0.497 e. The van der Waals surface area contributed by atoms with Crippen molar-refractivity contribution in [2.75, 3.05) is 37.9 Å². The highest BCUT2D eigenvalue weighted by Crippen LogP contribution is 2.40. The van der Waals surface area contributed by atoms with E-state index in [0.717, 1.165) is 29.7 Å². The first-order chi connectivity index (χ1) is 16.2. The van der Waals surface area contributed by atoms with Crippen LogP contribution in [0.2, 0.25) is 0 Å². The number of anilines is 2. The number of benzene rings is 1. The molecule has 1 aliphatic rings. The third kappa shape index (κ3) is 6.15. The largest absolute Gasteiger partial charge is 0.497 e. The Hall–Kier alpha value is -2.91. The molecule has 34 heavy (non-hydrogen) atoms. The van der Waals surface area contributed by atoms with Gasteiger partial charge in [0.1, 0.15) is 10.8 Å². The molecule has 0 saturated carbocycles. The summed E-state index contributed by atoms with van der Waals surface area (Å²) in [5.74, 6) is 0.327. The molecule has 0 radical (unpaired) electrons. The van der Waals surface area contributed by atoms with Gasteiger partial charge in [0.05, 0.1) is 31.9 Å². The number of likely N-dealkylation sites (N-methyl/N-ethyl adjacent to an activating group) is 1. The number of methoxy groups -OCH3 is 1. The maximum absolute atomic E-state index is 13.0. The van der Waals surface area contributed by atoms with Gasteiger partial charge in [-0.05, 0) is 75.9 Å². The van der Waals surface area contributed by atoms with Gasteiger partial charge in [-0.15, -0.1) is 11.3 Å². The number of nitrogens with zero attached hydrogens (tertiary/aromatic N) is 1. The fraction of sp³-hybridized carbons (Fsp3) is 0.480. The average molecular weight is 488 g/mol. The molecule has 1 aromatic heterocycles. The van der Waals surface area contributed by atoms with Crippen LogP contribution < -0.4 is 15.4 Å². The smallest absolute Gasteiger partial charge is 0.341 e. The number of hydrogen-bond acceptors (Lipinski definition) is 7. The van der Waals surface area contributed by atoms with Crippen molar-refractivity contribution in [3.8, 4) is 5.75 Å². The fourth-order valence-electron chi connectivity index (χ4n) is 3.91. The van der Waals surface area contributed by atoms with E-state index in [0.29, 0.717) is 27.9 Å². The van der Waals surface area contributed by atoms with Crippen molar-refractivity contribution in [1.29, 1.82) is 0 Å². The van der Waals surface area contributed by atoms with Crippen LogP contribution >= 0.6 is 11.3 Å². The quantitative estimate of drug-likeness (QED) is 0.520. The van der Waals surface area contributed by atoms with Gasteiger partial charge in [0.25, 0.3) is 0 Å². The Bertz CT molecular complexity index is 1030. The summed E-state index contributed by atoms with van der Waals surface area (Å²) < 4.78 is 10.4. The number of nitrogens with one attached hydrogen (secondary N) is 2. The number of thiophene rings is 1. The Labute approximate surface area is 204 Å².